The third kappa shape index (κ3) is 3.83. The number of hydrogen-bond acceptors (Lipinski definition) is 7. The molecular weight excluding hydrogens is 363 g/mol. The van der Waals surface area contributed by atoms with Crippen LogP contribution in [0.1, 0.15) is 18.2 Å². The number of nitrogens with one attached hydrogen (secondary N) is 1. The summed E-state index contributed by atoms with van der Waals surface area (Å²) in [5.41, 5.74) is 13.8. The van der Waals surface area contributed by atoms with Gasteiger partial charge in [0.25, 0.3) is 5.69 Å². The molecule has 2 aromatic carbocycles. The number of aromatic nitrogens is 2. The van der Waals surface area contributed by atoms with Gasteiger partial charge in [-0.1, -0.05) is 31.2 Å². The highest BCUT2D eigenvalue weighted by molar-refractivity contribution is 5.81. The van der Waals surface area contributed by atoms with E-state index in [-0.39, 0.29) is 35.5 Å². The smallest absolute Gasteiger partial charge is 0.292 e. The maximum atomic E-state index is 13.8. The average molecular weight is 382 g/mol. The Morgan fingerprint density at radius 3 is 2.61 bits per heavy atom. The zero-order valence-electron chi connectivity index (χ0n) is 15.1. The number of nitrogen functional groups attached to an aromatic ring is 2. The molecule has 1 aromatic heterocycles. The predicted molar refractivity (Wildman–Crippen MR) is 106 cm³/mol. The first kappa shape index (κ1) is 19.0. The first-order valence-electron chi connectivity index (χ1n) is 8.58. The van der Waals surface area contributed by atoms with Crippen molar-refractivity contribution in [2.75, 3.05) is 16.8 Å². The largest absolute Gasteiger partial charge is 0.383 e. The third-order valence-electron chi connectivity index (χ3n) is 4.27. The molecule has 0 saturated carbocycles. The standard InChI is InChI=1S/C19H19FN6O2/c1-2-14-17(18(21)25-19(22)24-14)11-7-8-15(16(9-11)26(27)28)23-10-12-5-3-4-6-13(12)20/h3-9,23H,2,10H2,1H3,(H4,21,22,24,25). The Labute approximate surface area is 160 Å². The summed E-state index contributed by atoms with van der Waals surface area (Å²) in [5.74, 6) is -0.171. The zero-order valence-corrected chi connectivity index (χ0v) is 15.1. The molecule has 0 radical (unpaired) electrons. The number of aryl methyl sites for hydroxylation is 1. The van der Waals surface area contributed by atoms with Crippen LogP contribution >= 0.6 is 0 Å². The fraction of sp³-hybridized carbons (Fsp3) is 0.158. The van der Waals surface area contributed by atoms with E-state index in [1.165, 1.54) is 12.1 Å². The maximum Gasteiger partial charge on any atom is 0.292 e. The quantitative estimate of drug-likeness (QED) is 0.439. The number of hydrogen-bond donors (Lipinski definition) is 3. The van der Waals surface area contributed by atoms with E-state index in [9.17, 15) is 14.5 Å². The SMILES string of the molecule is CCc1nc(N)nc(N)c1-c1ccc(NCc2ccccc2F)c([N+](=O)[O-])c1. The molecule has 3 rings (SSSR count). The van der Waals surface area contributed by atoms with E-state index >= 15 is 0 Å². The summed E-state index contributed by atoms with van der Waals surface area (Å²) < 4.78 is 13.8. The summed E-state index contributed by atoms with van der Waals surface area (Å²) in [4.78, 5) is 19.2. The summed E-state index contributed by atoms with van der Waals surface area (Å²) in [7, 11) is 0. The molecule has 0 aliphatic rings. The molecule has 0 atom stereocenters. The first-order valence-corrected chi connectivity index (χ1v) is 8.58. The van der Waals surface area contributed by atoms with Gasteiger partial charge < -0.3 is 16.8 Å². The molecule has 3 aromatic rings. The number of nitrogens with two attached hydrogens (primary N) is 2. The molecule has 5 N–H and O–H groups in total. The fourth-order valence-electron chi connectivity index (χ4n) is 2.94. The molecule has 1 heterocycles. The van der Waals surface area contributed by atoms with Crippen LogP contribution in [0.15, 0.2) is 42.5 Å². The highest BCUT2D eigenvalue weighted by Crippen LogP contribution is 2.35. The number of halogens is 1. The first-order chi connectivity index (χ1) is 13.4. The molecule has 0 amide bonds. The van der Waals surface area contributed by atoms with E-state index in [0.29, 0.717) is 28.8 Å². The molecule has 0 fully saturated rings. The van der Waals surface area contributed by atoms with Crippen molar-refractivity contribution in [1.29, 1.82) is 0 Å². The summed E-state index contributed by atoms with van der Waals surface area (Å²) in [6, 6.07) is 10.9. The lowest BCUT2D eigenvalue weighted by molar-refractivity contribution is -0.383. The molecular formula is C19H19FN6O2. The van der Waals surface area contributed by atoms with Gasteiger partial charge in [-0.15, -0.1) is 0 Å². The van der Waals surface area contributed by atoms with Crippen molar-refractivity contribution in [2.45, 2.75) is 19.9 Å². The molecule has 0 saturated heterocycles. The summed E-state index contributed by atoms with van der Waals surface area (Å²) in [6.45, 7) is 1.99. The van der Waals surface area contributed by atoms with Gasteiger partial charge in [0.05, 0.1) is 10.6 Å². The van der Waals surface area contributed by atoms with Gasteiger partial charge in [0.15, 0.2) is 0 Å². The van der Waals surface area contributed by atoms with E-state index in [2.05, 4.69) is 15.3 Å². The molecule has 8 nitrogen and oxygen atoms in total. The van der Waals surface area contributed by atoms with Crippen molar-refractivity contribution < 1.29 is 9.31 Å². The van der Waals surface area contributed by atoms with Gasteiger partial charge in [0, 0.05) is 23.7 Å². The Balaban J connectivity index is 1.99. The normalized spacial score (nSPS) is 10.6. The summed E-state index contributed by atoms with van der Waals surface area (Å²) >= 11 is 0. The Bertz CT molecular complexity index is 1040. The van der Waals surface area contributed by atoms with E-state index in [1.54, 1.807) is 30.3 Å². The van der Waals surface area contributed by atoms with E-state index in [4.69, 9.17) is 11.5 Å². The van der Waals surface area contributed by atoms with Gasteiger partial charge in [0.1, 0.15) is 17.3 Å². The fourth-order valence-corrected chi connectivity index (χ4v) is 2.94. The molecule has 0 bridgehead atoms. The third-order valence-corrected chi connectivity index (χ3v) is 4.27. The minimum atomic E-state index is -0.507. The van der Waals surface area contributed by atoms with Crippen LogP contribution in [-0.4, -0.2) is 14.9 Å². The topological polar surface area (TPSA) is 133 Å². The molecule has 28 heavy (non-hydrogen) atoms. The highest BCUT2D eigenvalue weighted by Gasteiger charge is 2.19. The van der Waals surface area contributed by atoms with Crippen LogP contribution < -0.4 is 16.8 Å². The van der Waals surface area contributed by atoms with Crippen molar-refractivity contribution >= 4 is 23.1 Å². The van der Waals surface area contributed by atoms with Gasteiger partial charge in [-0.05, 0) is 24.1 Å². The molecule has 144 valence electrons. The van der Waals surface area contributed by atoms with Gasteiger partial charge >= 0.3 is 0 Å². The Kier molecular flexibility index (Phi) is 5.35. The number of nitro groups is 1. The van der Waals surface area contributed by atoms with Gasteiger partial charge in [-0.3, -0.25) is 10.1 Å². The van der Waals surface area contributed by atoms with Crippen LogP contribution in [0.5, 0.6) is 0 Å². The molecule has 9 heteroatoms. The molecule has 0 unspecified atom stereocenters. The Hall–Kier alpha value is -3.75. The molecule has 0 aliphatic heterocycles. The van der Waals surface area contributed by atoms with Crippen LogP contribution in [0.3, 0.4) is 0 Å². The minimum absolute atomic E-state index is 0.0516. The summed E-state index contributed by atoms with van der Waals surface area (Å²) in [5, 5.41) is 14.5. The monoisotopic (exact) mass is 382 g/mol. The summed E-state index contributed by atoms with van der Waals surface area (Å²) in [6.07, 6.45) is 0.535. The number of nitro benzene ring substituents is 1. The lowest BCUT2D eigenvalue weighted by Gasteiger charge is -2.13. The second-order valence-electron chi connectivity index (χ2n) is 6.08. The lowest BCUT2D eigenvalue weighted by Crippen LogP contribution is -2.07. The van der Waals surface area contributed by atoms with Gasteiger partial charge in [-0.25, -0.2) is 9.37 Å². The number of nitrogens with zero attached hydrogens (tertiary/aromatic N) is 3. The number of anilines is 3. The Morgan fingerprint density at radius 2 is 1.93 bits per heavy atom. The van der Waals surface area contributed by atoms with Gasteiger partial charge in [-0.2, -0.15) is 4.98 Å². The second-order valence-corrected chi connectivity index (χ2v) is 6.08. The van der Waals surface area contributed by atoms with Crippen molar-refractivity contribution in [3.8, 4) is 11.1 Å². The van der Waals surface area contributed by atoms with Gasteiger partial charge in [0.2, 0.25) is 5.95 Å². The highest BCUT2D eigenvalue weighted by atomic mass is 19.1. The molecule has 0 aliphatic carbocycles. The van der Waals surface area contributed by atoms with Crippen LogP contribution in [0.4, 0.5) is 27.5 Å². The van der Waals surface area contributed by atoms with Crippen molar-refractivity contribution in [1.82, 2.24) is 9.97 Å². The van der Waals surface area contributed by atoms with Crippen LogP contribution in [0, 0.1) is 15.9 Å². The van der Waals surface area contributed by atoms with E-state index in [1.807, 2.05) is 6.92 Å². The van der Waals surface area contributed by atoms with E-state index in [0.717, 1.165) is 0 Å². The van der Waals surface area contributed by atoms with Crippen LogP contribution in [0.25, 0.3) is 11.1 Å². The number of benzene rings is 2. The average Bonchev–Trinajstić information content (AvgIpc) is 2.66. The molecule has 0 spiro atoms. The van der Waals surface area contributed by atoms with Crippen LogP contribution in [0.2, 0.25) is 0 Å². The minimum Gasteiger partial charge on any atom is -0.383 e. The van der Waals surface area contributed by atoms with E-state index < -0.39 is 4.92 Å². The van der Waals surface area contributed by atoms with Crippen LogP contribution in [-0.2, 0) is 13.0 Å². The second kappa shape index (κ2) is 7.87. The van der Waals surface area contributed by atoms with Crippen molar-refractivity contribution in [3.63, 3.8) is 0 Å². The lowest BCUT2D eigenvalue weighted by atomic mass is 10.0. The zero-order chi connectivity index (χ0) is 20.3. The van der Waals surface area contributed by atoms with Crippen molar-refractivity contribution in [2.24, 2.45) is 0 Å². The maximum absolute atomic E-state index is 13.8. The van der Waals surface area contributed by atoms with Crippen molar-refractivity contribution in [3.05, 3.63) is 69.7 Å². The Morgan fingerprint density at radius 1 is 1.18 bits per heavy atom. The number of rotatable bonds is 6. The predicted octanol–water partition coefficient (Wildman–Crippen LogP) is 3.53.